The third-order valence-electron chi connectivity index (χ3n) is 1.52. The van der Waals surface area contributed by atoms with E-state index >= 15 is 0 Å². The molecule has 1 rings (SSSR count). The number of halogens is 1. The number of hydrogen-bond donors (Lipinski definition) is 1. The highest BCUT2D eigenvalue weighted by atomic mass is 79.9. The van der Waals surface area contributed by atoms with Crippen molar-refractivity contribution in [1.82, 2.24) is 4.98 Å². The molecular formula is C9H9BrN2O2. The van der Waals surface area contributed by atoms with E-state index in [2.05, 4.69) is 20.9 Å². The maximum absolute atomic E-state index is 8.80. The van der Waals surface area contributed by atoms with Crippen LogP contribution in [-0.2, 0) is 4.74 Å². The van der Waals surface area contributed by atoms with Crippen molar-refractivity contribution in [3.05, 3.63) is 28.5 Å². The number of nitriles is 1. The number of nitrogens with zero attached hydrogens (tertiary/aromatic N) is 2. The molecule has 0 saturated carbocycles. The van der Waals surface area contributed by atoms with Crippen molar-refractivity contribution in [1.29, 1.82) is 5.26 Å². The molecular weight excluding hydrogens is 248 g/mol. The summed E-state index contributed by atoms with van der Waals surface area (Å²) in [5.41, 5.74) is 0.676. The van der Waals surface area contributed by atoms with Crippen LogP contribution in [-0.4, -0.2) is 23.3 Å². The highest BCUT2D eigenvalue weighted by Gasteiger charge is 2.10. The number of aliphatic hydroxyl groups is 1. The van der Waals surface area contributed by atoms with E-state index < -0.39 is 6.10 Å². The van der Waals surface area contributed by atoms with E-state index in [0.717, 1.165) is 4.47 Å². The topological polar surface area (TPSA) is 66.1 Å². The van der Waals surface area contributed by atoms with Crippen LogP contribution in [0, 0.1) is 11.3 Å². The van der Waals surface area contributed by atoms with Gasteiger partial charge in [0.25, 0.3) is 0 Å². The van der Waals surface area contributed by atoms with Crippen LogP contribution < -0.4 is 0 Å². The molecule has 0 radical (unpaired) electrons. The molecule has 0 bridgehead atoms. The molecule has 5 heteroatoms. The van der Waals surface area contributed by atoms with Gasteiger partial charge in [-0.15, -0.1) is 0 Å². The minimum atomic E-state index is -0.674. The van der Waals surface area contributed by atoms with Crippen molar-refractivity contribution in [2.24, 2.45) is 0 Å². The van der Waals surface area contributed by atoms with E-state index in [9.17, 15) is 0 Å². The molecule has 0 aliphatic carbocycles. The normalized spacial score (nSPS) is 12.1. The molecule has 1 N–H and O–H groups in total. The van der Waals surface area contributed by atoms with Crippen LogP contribution in [0.3, 0.4) is 0 Å². The van der Waals surface area contributed by atoms with Gasteiger partial charge in [0.05, 0.1) is 19.3 Å². The van der Waals surface area contributed by atoms with Gasteiger partial charge in [0.15, 0.2) is 6.10 Å². The standard InChI is InChI=1S/C9H9BrN2O2/c10-8-3-7(5-12-6-8)9(4-11)14-2-1-13/h3,5-6,9,13H,1-2H2. The summed E-state index contributed by atoms with van der Waals surface area (Å²) < 4.78 is 5.90. The summed E-state index contributed by atoms with van der Waals surface area (Å²) in [7, 11) is 0. The van der Waals surface area contributed by atoms with E-state index in [1.54, 1.807) is 18.5 Å². The minimum Gasteiger partial charge on any atom is -0.394 e. The Hall–Kier alpha value is -0.960. The fourth-order valence-corrected chi connectivity index (χ4v) is 1.33. The molecule has 0 aliphatic heterocycles. The lowest BCUT2D eigenvalue weighted by atomic mass is 10.2. The summed E-state index contributed by atoms with van der Waals surface area (Å²) in [6, 6.07) is 3.75. The van der Waals surface area contributed by atoms with Gasteiger partial charge in [-0.1, -0.05) is 0 Å². The first-order valence-corrected chi connectivity index (χ1v) is 4.79. The Labute approximate surface area is 90.3 Å². The van der Waals surface area contributed by atoms with E-state index in [4.69, 9.17) is 15.1 Å². The molecule has 1 unspecified atom stereocenters. The van der Waals surface area contributed by atoms with Crippen LogP contribution >= 0.6 is 15.9 Å². The van der Waals surface area contributed by atoms with Crippen LogP contribution in [0.4, 0.5) is 0 Å². The molecule has 0 aromatic carbocycles. The van der Waals surface area contributed by atoms with Crippen molar-refractivity contribution in [2.75, 3.05) is 13.2 Å². The summed E-state index contributed by atoms with van der Waals surface area (Å²) in [5, 5.41) is 17.4. The minimum absolute atomic E-state index is 0.0976. The first-order chi connectivity index (χ1) is 6.77. The van der Waals surface area contributed by atoms with Crippen LogP contribution in [0.5, 0.6) is 0 Å². The van der Waals surface area contributed by atoms with Gasteiger partial charge in [-0.2, -0.15) is 5.26 Å². The van der Waals surface area contributed by atoms with Crippen molar-refractivity contribution in [2.45, 2.75) is 6.10 Å². The molecule has 0 saturated heterocycles. The van der Waals surface area contributed by atoms with Crippen LogP contribution in [0.25, 0.3) is 0 Å². The monoisotopic (exact) mass is 256 g/mol. The summed E-state index contributed by atoms with van der Waals surface area (Å²) in [6.45, 7) is 0.0460. The van der Waals surface area contributed by atoms with E-state index in [-0.39, 0.29) is 13.2 Å². The Morgan fingerprint density at radius 1 is 1.64 bits per heavy atom. The predicted molar refractivity (Wildman–Crippen MR) is 53.3 cm³/mol. The van der Waals surface area contributed by atoms with Crippen LogP contribution in [0.15, 0.2) is 22.9 Å². The number of aromatic nitrogens is 1. The van der Waals surface area contributed by atoms with Gasteiger partial charge in [-0.3, -0.25) is 4.98 Å². The second-order valence-electron chi connectivity index (χ2n) is 2.54. The van der Waals surface area contributed by atoms with Gasteiger partial charge in [0, 0.05) is 22.4 Å². The maximum Gasteiger partial charge on any atom is 0.170 e. The number of hydrogen-bond acceptors (Lipinski definition) is 4. The van der Waals surface area contributed by atoms with Crippen LogP contribution in [0.2, 0.25) is 0 Å². The average Bonchev–Trinajstić information content (AvgIpc) is 2.19. The molecule has 0 spiro atoms. The van der Waals surface area contributed by atoms with E-state index in [0.29, 0.717) is 5.56 Å². The number of ether oxygens (including phenoxy) is 1. The van der Waals surface area contributed by atoms with Gasteiger partial charge in [0.1, 0.15) is 0 Å². The van der Waals surface area contributed by atoms with E-state index in [1.165, 1.54) is 0 Å². The molecule has 0 amide bonds. The van der Waals surface area contributed by atoms with Gasteiger partial charge in [0.2, 0.25) is 0 Å². The fraction of sp³-hybridized carbons (Fsp3) is 0.333. The van der Waals surface area contributed by atoms with Crippen molar-refractivity contribution in [3.63, 3.8) is 0 Å². The Kier molecular flexibility index (Phi) is 4.53. The van der Waals surface area contributed by atoms with Crippen molar-refractivity contribution >= 4 is 15.9 Å². The molecule has 14 heavy (non-hydrogen) atoms. The molecule has 74 valence electrons. The smallest absolute Gasteiger partial charge is 0.170 e. The number of aliphatic hydroxyl groups excluding tert-OH is 1. The highest BCUT2D eigenvalue weighted by Crippen LogP contribution is 2.18. The molecule has 0 aliphatic rings. The van der Waals surface area contributed by atoms with Crippen molar-refractivity contribution < 1.29 is 9.84 Å². The Morgan fingerprint density at radius 2 is 2.43 bits per heavy atom. The zero-order chi connectivity index (χ0) is 10.4. The quantitative estimate of drug-likeness (QED) is 0.885. The number of pyridine rings is 1. The Balaban J connectivity index is 2.75. The van der Waals surface area contributed by atoms with E-state index in [1.807, 2.05) is 6.07 Å². The molecule has 1 aromatic rings. The summed E-state index contributed by atoms with van der Waals surface area (Å²) in [6.07, 6.45) is 2.52. The first kappa shape index (κ1) is 11.1. The van der Waals surface area contributed by atoms with Gasteiger partial charge in [-0.25, -0.2) is 0 Å². The second-order valence-corrected chi connectivity index (χ2v) is 3.46. The largest absolute Gasteiger partial charge is 0.394 e. The average molecular weight is 257 g/mol. The SMILES string of the molecule is N#CC(OCCO)c1cncc(Br)c1. The van der Waals surface area contributed by atoms with Crippen molar-refractivity contribution in [3.8, 4) is 6.07 Å². The molecule has 1 heterocycles. The lowest BCUT2D eigenvalue weighted by Gasteiger charge is -2.09. The Morgan fingerprint density at radius 3 is 3.00 bits per heavy atom. The summed E-state index contributed by atoms with van der Waals surface area (Å²) in [5.74, 6) is 0. The molecule has 0 fully saturated rings. The molecule has 4 nitrogen and oxygen atoms in total. The number of rotatable bonds is 4. The summed E-state index contributed by atoms with van der Waals surface area (Å²) in [4.78, 5) is 3.92. The third-order valence-corrected chi connectivity index (χ3v) is 1.96. The second kappa shape index (κ2) is 5.70. The molecule has 1 aromatic heterocycles. The lowest BCUT2D eigenvalue weighted by Crippen LogP contribution is -2.06. The first-order valence-electron chi connectivity index (χ1n) is 4.00. The van der Waals surface area contributed by atoms with Crippen LogP contribution in [0.1, 0.15) is 11.7 Å². The fourth-order valence-electron chi connectivity index (χ4n) is 0.950. The zero-order valence-corrected chi connectivity index (χ0v) is 8.94. The maximum atomic E-state index is 8.80. The van der Waals surface area contributed by atoms with Gasteiger partial charge in [-0.05, 0) is 22.0 Å². The zero-order valence-electron chi connectivity index (χ0n) is 7.35. The Bertz CT molecular complexity index is 338. The highest BCUT2D eigenvalue weighted by molar-refractivity contribution is 9.10. The lowest BCUT2D eigenvalue weighted by molar-refractivity contribution is 0.0579. The van der Waals surface area contributed by atoms with Gasteiger partial charge < -0.3 is 9.84 Å². The summed E-state index contributed by atoms with van der Waals surface area (Å²) >= 11 is 3.25. The third kappa shape index (κ3) is 3.07. The molecule has 1 atom stereocenters. The predicted octanol–water partition coefficient (Wildman–Crippen LogP) is 1.42. The van der Waals surface area contributed by atoms with Gasteiger partial charge >= 0.3 is 0 Å².